The molecule has 2 heterocycles. The van der Waals surface area contributed by atoms with Gasteiger partial charge in [-0.3, -0.25) is 14.4 Å². The van der Waals surface area contributed by atoms with Crippen LogP contribution in [0.25, 0.3) is 11.5 Å². The fourth-order valence-corrected chi connectivity index (χ4v) is 3.19. The van der Waals surface area contributed by atoms with Crippen molar-refractivity contribution in [2.75, 3.05) is 11.6 Å². The third-order valence-corrected chi connectivity index (χ3v) is 5.07. The van der Waals surface area contributed by atoms with Crippen LogP contribution in [0.5, 0.6) is 0 Å². The van der Waals surface area contributed by atoms with Crippen molar-refractivity contribution in [3.63, 3.8) is 0 Å². The summed E-state index contributed by atoms with van der Waals surface area (Å²) in [5.41, 5.74) is 7.93. The van der Waals surface area contributed by atoms with E-state index in [0.717, 1.165) is 0 Å². The number of hydrogen-bond donors (Lipinski definition) is 3. The van der Waals surface area contributed by atoms with Crippen LogP contribution in [-0.4, -0.2) is 27.0 Å². The van der Waals surface area contributed by atoms with Crippen LogP contribution in [0, 0.1) is 11.7 Å². The van der Waals surface area contributed by atoms with E-state index in [-0.39, 0.29) is 11.6 Å². The first kappa shape index (κ1) is 20.5. The maximum atomic E-state index is 14.2. The quantitative estimate of drug-likeness (QED) is 0.399. The van der Waals surface area contributed by atoms with E-state index in [9.17, 15) is 9.18 Å². The van der Waals surface area contributed by atoms with E-state index in [0.29, 0.717) is 40.9 Å². The molecular formula is C22H24FN7O. The first-order valence-electron chi connectivity index (χ1n) is 9.98. The molecule has 1 aromatic carbocycles. The summed E-state index contributed by atoms with van der Waals surface area (Å²) < 4.78 is 15.9. The van der Waals surface area contributed by atoms with E-state index in [2.05, 4.69) is 15.3 Å². The van der Waals surface area contributed by atoms with E-state index in [1.165, 1.54) is 30.1 Å². The van der Waals surface area contributed by atoms with Crippen molar-refractivity contribution in [1.82, 2.24) is 19.9 Å². The largest absolute Gasteiger partial charge is 0.400 e. The number of hydrazine groups is 1. The van der Waals surface area contributed by atoms with Crippen LogP contribution in [-0.2, 0) is 0 Å². The zero-order valence-corrected chi connectivity index (χ0v) is 17.1. The SMILES string of the molecule is C/C(N)=C(\c1cn(-c2ccc(C(=O)NCC3CC3)cn2)cn1)N(N)c1ccccc1F. The van der Waals surface area contributed by atoms with Gasteiger partial charge in [-0.2, -0.15) is 0 Å². The average Bonchev–Trinajstić information content (AvgIpc) is 3.48. The van der Waals surface area contributed by atoms with Gasteiger partial charge in [-0.25, -0.2) is 20.2 Å². The number of pyridine rings is 1. The first-order valence-corrected chi connectivity index (χ1v) is 9.98. The Morgan fingerprint density at radius 3 is 2.68 bits per heavy atom. The van der Waals surface area contributed by atoms with Gasteiger partial charge in [0.05, 0.1) is 11.3 Å². The number of carbonyl (C=O) groups excluding carboxylic acids is 1. The second-order valence-corrected chi connectivity index (χ2v) is 7.58. The van der Waals surface area contributed by atoms with Crippen molar-refractivity contribution >= 4 is 17.3 Å². The molecule has 160 valence electrons. The minimum atomic E-state index is -0.472. The summed E-state index contributed by atoms with van der Waals surface area (Å²) in [4.78, 5) is 20.9. The number of benzene rings is 1. The maximum absolute atomic E-state index is 14.2. The Kier molecular flexibility index (Phi) is 5.68. The molecule has 5 N–H and O–H groups in total. The molecule has 1 aliphatic rings. The lowest BCUT2D eigenvalue weighted by Gasteiger charge is -2.22. The number of rotatable bonds is 7. The van der Waals surface area contributed by atoms with Crippen LogP contribution in [0.2, 0.25) is 0 Å². The molecule has 0 atom stereocenters. The van der Waals surface area contributed by atoms with Crippen LogP contribution in [0.4, 0.5) is 10.1 Å². The van der Waals surface area contributed by atoms with Gasteiger partial charge in [-0.1, -0.05) is 12.1 Å². The van der Waals surface area contributed by atoms with E-state index < -0.39 is 5.82 Å². The minimum absolute atomic E-state index is 0.134. The summed E-state index contributed by atoms with van der Waals surface area (Å²) >= 11 is 0. The number of anilines is 1. The lowest BCUT2D eigenvalue weighted by molar-refractivity contribution is 0.0951. The van der Waals surface area contributed by atoms with Gasteiger partial charge >= 0.3 is 0 Å². The number of carbonyl (C=O) groups is 1. The molecule has 4 rings (SSSR count). The fourth-order valence-electron chi connectivity index (χ4n) is 3.19. The molecule has 0 saturated heterocycles. The number of halogens is 1. The predicted octanol–water partition coefficient (Wildman–Crippen LogP) is 2.57. The molecule has 1 amide bonds. The van der Waals surface area contributed by atoms with E-state index in [4.69, 9.17) is 11.6 Å². The summed E-state index contributed by atoms with van der Waals surface area (Å²) in [6, 6.07) is 9.60. The summed E-state index contributed by atoms with van der Waals surface area (Å²) in [5, 5.41) is 4.09. The predicted molar refractivity (Wildman–Crippen MR) is 116 cm³/mol. The summed E-state index contributed by atoms with van der Waals surface area (Å²) in [6.07, 6.45) is 7.13. The Bertz CT molecular complexity index is 1110. The number of nitrogens with zero attached hydrogens (tertiary/aromatic N) is 4. The molecule has 0 spiro atoms. The number of aromatic nitrogens is 3. The van der Waals surface area contributed by atoms with Crippen molar-refractivity contribution in [2.24, 2.45) is 17.5 Å². The molecule has 31 heavy (non-hydrogen) atoms. The minimum Gasteiger partial charge on any atom is -0.400 e. The standard InChI is InChI=1S/C22H24FN7O/c1-14(24)21(30(25)19-5-3-2-4-17(19)23)18-12-29(13-28-18)20-9-8-16(11-26-20)22(31)27-10-15-6-7-15/h2-5,8-9,11-13,15H,6-7,10,24-25H2,1H3,(H,27,31)/b21-14-. The van der Waals surface area contributed by atoms with Gasteiger partial charge in [0.2, 0.25) is 0 Å². The highest BCUT2D eigenvalue weighted by Crippen LogP contribution is 2.28. The number of imidazole rings is 1. The normalized spacial score (nSPS) is 14.2. The third kappa shape index (κ3) is 4.56. The molecule has 0 bridgehead atoms. The van der Waals surface area contributed by atoms with E-state index in [1.54, 1.807) is 54.3 Å². The number of nitrogens with one attached hydrogen (secondary N) is 1. The molecule has 0 radical (unpaired) electrons. The third-order valence-electron chi connectivity index (χ3n) is 5.07. The first-order chi connectivity index (χ1) is 14.9. The fraction of sp³-hybridized carbons (Fsp3) is 0.227. The summed E-state index contributed by atoms with van der Waals surface area (Å²) in [6.45, 7) is 2.37. The Morgan fingerprint density at radius 1 is 1.26 bits per heavy atom. The highest BCUT2D eigenvalue weighted by molar-refractivity contribution is 5.93. The van der Waals surface area contributed by atoms with Gasteiger partial charge in [-0.05, 0) is 49.9 Å². The van der Waals surface area contributed by atoms with Crippen LogP contribution in [0.3, 0.4) is 0 Å². The number of hydrogen-bond acceptors (Lipinski definition) is 6. The highest BCUT2D eigenvalue weighted by Gasteiger charge is 2.22. The second-order valence-electron chi connectivity index (χ2n) is 7.58. The van der Waals surface area contributed by atoms with E-state index >= 15 is 0 Å². The van der Waals surface area contributed by atoms with Crippen molar-refractivity contribution < 1.29 is 9.18 Å². The number of para-hydroxylation sites is 1. The molecule has 0 aliphatic heterocycles. The molecule has 8 nitrogen and oxygen atoms in total. The van der Waals surface area contributed by atoms with Crippen molar-refractivity contribution in [3.05, 3.63) is 77.9 Å². The van der Waals surface area contributed by atoms with Crippen LogP contribution >= 0.6 is 0 Å². The molecule has 1 fully saturated rings. The Hall–Kier alpha value is -3.72. The zero-order valence-electron chi connectivity index (χ0n) is 17.1. The monoisotopic (exact) mass is 421 g/mol. The van der Waals surface area contributed by atoms with Crippen molar-refractivity contribution in [1.29, 1.82) is 0 Å². The molecule has 2 aromatic heterocycles. The molecule has 3 aromatic rings. The van der Waals surface area contributed by atoms with Crippen LogP contribution < -0.4 is 21.9 Å². The van der Waals surface area contributed by atoms with Gasteiger partial charge in [-0.15, -0.1) is 0 Å². The molecular weight excluding hydrogens is 397 g/mol. The number of nitrogens with two attached hydrogens (primary N) is 2. The average molecular weight is 421 g/mol. The Labute approximate surface area is 179 Å². The van der Waals surface area contributed by atoms with Crippen molar-refractivity contribution in [3.8, 4) is 5.82 Å². The summed E-state index contributed by atoms with van der Waals surface area (Å²) in [5.74, 6) is 6.75. The highest BCUT2D eigenvalue weighted by atomic mass is 19.1. The zero-order chi connectivity index (χ0) is 22.0. The Morgan fingerprint density at radius 2 is 2.03 bits per heavy atom. The molecule has 1 aliphatic carbocycles. The van der Waals surface area contributed by atoms with Gasteiger partial charge in [0.1, 0.15) is 29.4 Å². The topological polar surface area (TPSA) is 115 Å². The van der Waals surface area contributed by atoms with E-state index in [1.807, 2.05) is 0 Å². The maximum Gasteiger partial charge on any atom is 0.252 e. The van der Waals surface area contributed by atoms with Crippen LogP contribution in [0.15, 0.2) is 60.8 Å². The number of allylic oxidation sites excluding steroid dienone is 1. The van der Waals surface area contributed by atoms with Gasteiger partial charge in [0.15, 0.2) is 0 Å². The summed E-state index contributed by atoms with van der Waals surface area (Å²) in [7, 11) is 0. The van der Waals surface area contributed by atoms with Gasteiger partial charge in [0.25, 0.3) is 5.91 Å². The van der Waals surface area contributed by atoms with Crippen molar-refractivity contribution in [2.45, 2.75) is 19.8 Å². The molecule has 9 heteroatoms. The second kappa shape index (κ2) is 8.57. The number of amides is 1. The lowest BCUT2D eigenvalue weighted by atomic mass is 10.2. The van der Waals surface area contributed by atoms with Crippen LogP contribution in [0.1, 0.15) is 35.8 Å². The smallest absolute Gasteiger partial charge is 0.252 e. The molecule has 0 unspecified atom stereocenters. The molecule has 1 saturated carbocycles. The van der Waals surface area contributed by atoms with Gasteiger partial charge in [0, 0.05) is 24.6 Å². The Balaban J connectivity index is 1.54. The lowest BCUT2D eigenvalue weighted by Crippen LogP contribution is -2.32. The van der Waals surface area contributed by atoms with Gasteiger partial charge < -0.3 is 11.1 Å².